The largest absolute Gasteiger partial charge is 0.376 e. The average Bonchev–Trinajstić information content (AvgIpc) is 2.78. The second-order valence-corrected chi connectivity index (χ2v) is 3.74. The summed E-state index contributed by atoms with van der Waals surface area (Å²) in [7, 11) is 0. The Hall–Kier alpha value is -1.20. The molecule has 1 saturated heterocycles. The number of aryl methyl sites for hydroxylation is 1. The normalized spacial score (nSPS) is 20.9. The van der Waals surface area contributed by atoms with Crippen LogP contribution in [0.25, 0.3) is 0 Å². The van der Waals surface area contributed by atoms with Crippen LogP contribution >= 0.6 is 0 Å². The van der Waals surface area contributed by atoms with E-state index in [1.54, 1.807) is 16.9 Å². The number of carbonyl (C=O) groups is 1. The molecule has 88 valence electrons. The summed E-state index contributed by atoms with van der Waals surface area (Å²) >= 11 is 0. The molecule has 5 heteroatoms. The molecule has 1 aliphatic rings. The van der Waals surface area contributed by atoms with Gasteiger partial charge in [0.15, 0.2) is 0 Å². The van der Waals surface area contributed by atoms with E-state index >= 15 is 0 Å². The fourth-order valence-corrected chi connectivity index (χ4v) is 1.74. The van der Waals surface area contributed by atoms with E-state index in [1.165, 1.54) is 0 Å². The Kier molecular flexibility index (Phi) is 3.69. The molecule has 1 unspecified atom stereocenters. The molecule has 1 aromatic rings. The van der Waals surface area contributed by atoms with Crippen molar-refractivity contribution < 1.29 is 14.3 Å². The Morgan fingerprint density at radius 3 is 3.19 bits per heavy atom. The highest BCUT2D eigenvalue weighted by atomic mass is 16.6. The van der Waals surface area contributed by atoms with Crippen LogP contribution in [0.15, 0.2) is 12.3 Å². The lowest BCUT2D eigenvalue weighted by Gasteiger charge is -2.21. The SMILES string of the molecule is CCCn1nccc1C(=O)C1COCCO1. The zero-order valence-corrected chi connectivity index (χ0v) is 9.39. The van der Waals surface area contributed by atoms with Crippen molar-refractivity contribution in [1.29, 1.82) is 0 Å². The lowest BCUT2D eigenvalue weighted by atomic mass is 10.1. The van der Waals surface area contributed by atoms with Crippen molar-refractivity contribution in [3.05, 3.63) is 18.0 Å². The van der Waals surface area contributed by atoms with Crippen LogP contribution in [0.3, 0.4) is 0 Å². The second-order valence-electron chi connectivity index (χ2n) is 3.74. The van der Waals surface area contributed by atoms with E-state index in [4.69, 9.17) is 9.47 Å². The number of Topliss-reactive ketones (excluding diaryl/α,β-unsaturated/α-hetero) is 1. The van der Waals surface area contributed by atoms with Gasteiger partial charge in [-0.15, -0.1) is 0 Å². The van der Waals surface area contributed by atoms with Crippen molar-refractivity contribution in [3.8, 4) is 0 Å². The van der Waals surface area contributed by atoms with E-state index in [-0.39, 0.29) is 5.78 Å². The molecule has 0 amide bonds. The van der Waals surface area contributed by atoms with Crippen LogP contribution < -0.4 is 0 Å². The number of hydrogen-bond acceptors (Lipinski definition) is 4. The van der Waals surface area contributed by atoms with E-state index in [0.29, 0.717) is 25.5 Å². The number of nitrogens with zero attached hydrogens (tertiary/aromatic N) is 2. The van der Waals surface area contributed by atoms with Gasteiger partial charge in [-0.3, -0.25) is 9.48 Å². The Balaban J connectivity index is 2.09. The molecule has 1 aromatic heterocycles. The van der Waals surface area contributed by atoms with Crippen LogP contribution in [-0.4, -0.2) is 41.5 Å². The summed E-state index contributed by atoms with van der Waals surface area (Å²) in [6, 6.07) is 1.73. The van der Waals surface area contributed by atoms with Gasteiger partial charge in [0.25, 0.3) is 0 Å². The summed E-state index contributed by atoms with van der Waals surface area (Å²) in [5, 5.41) is 4.12. The smallest absolute Gasteiger partial charge is 0.211 e. The lowest BCUT2D eigenvalue weighted by Crippen LogP contribution is -2.36. The highest BCUT2D eigenvalue weighted by Crippen LogP contribution is 2.10. The zero-order chi connectivity index (χ0) is 11.4. The highest BCUT2D eigenvalue weighted by molar-refractivity contribution is 5.98. The molecule has 1 aliphatic heterocycles. The van der Waals surface area contributed by atoms with Gasteiger partial charge in [0.05, 0.1) is 19.8 Å². The van der Waals surface area contributed by atoms with Crippen LogP contribution in [0, 0.1) is 0 Å². The molecular formula is C11H16N2O3. The van der Waals surface area contributed by atoms with Crippen molar-refractivity contribution >= 4 is 5.78 Å². The summed E-state index contributed by atoms with van der Waals surface area (Å²) in [6.07, 6.45) is 2.12. The summed E-state index contributed by atoms with van der Waals surface area (Å²) in [5.74, 6) is -0.0364. The van der Waals surface area contributed by atoms with Crippen molar-refractivity contribution in [2.24, 2.45) is 0 Å². The molecule has 2 heterocycles. The van der Waals surface area contributed by atoms with Gasteiger partial charge in [-0.05, 0) is 12.5 Å². The first kappa shape index (κ1) is 11.3. The predicted octanol–water partition coefficient (Wildman–Crippen LogP) is 0.891. The zero-order valence-electron chi connectivity index (χ0n) is 9.39. The average molecular weight is 224 g/mol. The molecule has 5 nitrogen and oxygen atoms in total. The topological polar surface area (TPSA) is 53.4 Å². The fraction of sp³-hybridized carbons (Fsp3) is 0.636. The van der Waals surface area contributed by atoms with Gasteiger partial charge in [-0.1, -0.05) is 6.92 Å². The first-order valence-electron chi connectivity index (χ1n) is 5.58. The van der Waals surface area contributed by atoms with Crippen LogP contribution in [0.2, 0.25) is 0 Å². The van der Waals surface area contributed by atoms with Gasteiger partial charge in [-0.2, -0.15) is 5.10 Å². The molecule has 0 saturated carbocycles. The van der Waals surface area contributed by atoms with Gasteiger partial charge in [-0.25, -0.2) is 0 Å². The van der Waals surface area contributed by atoms with Crippen LogP contribution in [-0.2, 0) is 16.0 Å². The van der Waals surface area contributed by atoms with E-state index < -0.39 is 6.10 Å². The van der Waals surface area contributed by atoms with Crippen molar-refractivity contribution in [2.75, 3.05) is 19.8 Å². The van der Waals surface area contributed by atoms with E-state index in [2.05, 4.69) is 12.0 Å². The number of rotatable bonds is 4. The molecular weight excluding hydrogens is 208 g/mol. The van der Waals surface area contributed by atoms with Crippen molar-refractivity contribution in [3.63, 3.8) is 0 Å². The van der Waals surface area contributed by atoms with E-state index in [9.17, 15) is 4.79 Å². The summed E-state index contributed by atoms with van der Waals surface area (Å²) in [6.45, 7) is 4.20. The fourth-order valence-electron chi connectivity index (χ4n) is 1.74. The maximum Gasteiger partial charge on any atom is 0.211 e. The molecule has 0 aromatic carbocycles. The lowest BCUT2D eigenvalue weighted by molar-refractivity contribution is -0.0722. The van der Waals surface area contributed by atoms with Crippen molar-refractivity contribution in [2.45, 2.75) is 26.0 Å². The Labute approximate surface area is 94.3 Å². The third kappa shape index (κ3) is 2.31. The monoisotopic (exact) mass is 224 g/mol. The number of ether oxygens (including phenoxy) is 2. The number of carbonyl (C=O) groups excluding carboxylic acids is 1. The van der Waals surface area contributed by atoms with Gasteiger partial charge < -0.3 is 9.47 Å². The van der Waals surface area contributed by atoms with Crippen molar-refractivity contribution in [1.82, 2.24) is 9.78 Å². The molecule has 0 N–H and O–H groups in total. The Morgan fingerprint density at radius 2 is 2.50 bits per heavy atom. The third-order valence-electron chi connectivity index (χ3n) is 2.51. The molecule has 2 rings (SSSR count). The third-order valence-corrected chi connectivity index (χ3v) is 2.51. The standard InChI is InChI=1S/C11H16N2O3/c1-2-5-13-9(3-4-12-13)11(14)10-8-15-6-7-16-10/h3-4,10H,2,5-8H2,1H3. The minimum absolute atomic E-state index is 0.0364. The Morgan fingerprint density at radius 1 is 1.62 bits per heavy atom. The Bertz CT molecular complexity index is 356. The van der Waals surface area contributed by atoms with Crippen LogP contribution in [0.4, 0.5) is 0 Å². The van der Waals surface area contributed by atoms with Crippen LogP contribution in [0.1, 0.15) is 23.8 Å². The molecule has 0 radical (unpaired) electrons. The molecule has 1 atom stereocenters. The van der Waals surface area contributed by atoms with Gasteiger partial charge in [0, 0.05) is 12.7 Å². The predicted molar refractivity (Wildman–Crippen MR) is 57.4 cm³/mol. The van der Waals surface area contributed by atoms with Gasteiger partial charge in [0.1, 0.15) is 11.8 Å². The van der Waals surface area contributed by atoms with E-state index in [0.717, 1.165) is 13.0 Å². The minimum atomic E-state index is -0.471. The molecule has 0 aliphatic carbocycles. The molecule has 0 spiro atoms. The molecule has 16 heavy (non-hydrogen) atoms. The first-order valence-corrected chi connectivity index (χ1v) is 5.58. The maximum absolute atomic E-state index is 12.1. The highest BCUT2D eigenvalue weighted by Gasteiger charge is 2.26. The summed E-state index contributed by atoms with van der Waals surface area (Å²) in [5.41, 5.74) is 0.609. The number of hydrogen-bond donors (Lipinski definition) is 0. The minimum Gasteiger partial charge on any atom is -0.376 e. The van der Waals surface area contributed by atoms with Gasteiger partial charge in [0.2, 0.25) is 5.78 Å². The summed E-state index contributed by atoms with van der Waals surface area (Å²) in [4.78, 5) is 12.1. The second kappa shape index (κ2) is 5.23. The van der Waals surface area contributed by atoms with Gasteiger partial charge >= 0.3 is 0 Å². The maximum atomic E-state index is 12.1. The molecule has 0 bridgehead atoms. The number of ketones is 1. The quantitative estimate of drug-likeness (QED) is 0.713. The van der Waals surface area contributed by atoms with Crippen LogP contribution in [0.5, 0.6) is 0 Å². The molecule has 1 fully saturated rings. The summed E-state index contributed by atoms with van der Waals surface area (Å²) < 4.78 is 12.3. The van der Waals surface area contributed by atoms with E-state index in [1.807, 2.05) is 0 Å². The number of aromatic nitrogens is 2. The first-order chi connectivity index (χ1) is 7.83.